The van der Waals surface area contributed by atoms with Crippen LogP contribution in [0.15, 0.2) is 11.0 Å². The fourth-order valence-electron chi connectivity index (χ4n) is 4.03. The minimum Gasteiger partial charge on any atom is -0.477 e. The normalized spacial score (nSPS) is 24.5. The zero-order chi connectivity index (χ0) is 21.2. The molecule has 1 aromatic carbocycles. The number of hydrogen-bond acceptors (Lipinski definition) is 4. The van der Waals surface area contributed by atoms with E-state index in [9.17, 15) is 27.9 Å². The maximum absolute atomic E-state index is 15.5. The molecule has 2 atom stereocenters. The van der Waals surface area contributed by atoms with Crippen molar-refractivity contribution < 1.29 is 27.5 Å². The number of aromatic carboxylic acids is 1. The molecule has 2 aliphatic rings. The molecule has 0 bridgehead atoms. The summed E-state index contributed by atoms with van der Waals surface area (Å²) in [6.45, 7) is 0.506. The Hall–Kier alpha value is -2.62. The molecule has 3 N–H and O–H groups in total. The fourth-order valence-corrected chi connectivity index (χ4v) is 4.03. The summed E-state index contributed by atoms with van der Waals surface area (Å²) < 4.78 is 59.9. The standard InChI is InChI=1S/C19H19F4N3O3/c1-19(24)7-25(5-8(19)4-20)16-13(22)12(21)11-15(14(16)23)26(9-2-3-9)6-10(17(11)27)18(28)29/h6,8-9H,2-5,7,24H2,1H3,(H,28,29)/t8-,19+/m0/s1. The molecule has 29 heavy (non-hydrogen) atoms. The monoisotopic (exact) mass is 413 g/mol. The third-order valence-electron chi connectivity index (χ3n) is 5.85. The largest absolute Gasteiger partial charge is 0.477 e. The van der Waals surface area contributed by atoms with E-state index in [1.807, 2.05) is 0 Å². The predicted octanol–water partition coefficient (Wildman–Crippen LogP) is 2.58. The number of rotatable bonds is 4. The van der Waals surface area contributed by atoms with Crippen LogP contribution in [0.3, 0.4) is 0 Å². The molecule has 4 rings (SSSR count). The van der Waals surface area contributed by atoms with Crippen LogP contribution in [0.4, 0.5) is 23.2 Å². The van der Waals surface area contributed by atoms with Crippen LogP contribution < -0.4 is 16.1 Å². The van der Waals surface area contributed by atoms with E-state index in [2.05, 4.69) is 0 Å². The molecule has 0 radical (unpaired) electrons. The average molecular weight is 413 g/mol. The molecule has 1 saturated heterocycles. The number of benzene rings is 1. The molecule has 2 aromatic rings. The third-order valence-corrected chi connectivity index (χ3v) is 5.85. The zero-order valence-corrected chi connectivity index (χ0v) is 15.5. The van der Waals surface area contributed by atoms with E-state index < -0.39 is 69.1 Å². The van der Waals surface area contributed by atoms with Gasteiger partial charge in [0.25, 0.3) is 0 Å². The highest BCUT2D eigenvalue weighted by Crippen LogP contribution is 2.42. The number of alkyl halides is 1. The van der Waals surface area contributed by atoms with Gasteiger partial charge in [-0.05, 0) is 19.8 Å². The lowest BCUT2D eigenvalue weighted by atomic mass is 9.92. The number of anilines is 1. The average Bonchev–Trinajstić information content (AvgIpc) is 3.43. The number of carboxylic acid groups (broad SMARTS) is 1. The Morgan fingerprint density at radius 2 is 1.93 bits per heavy atom. The van der Waals surface area contributed by atoms with Gasteiger partial charge in [0, 0.05) is 36.8 Å². The van der Waals surface area contributed by atoms with Gasteiger partial charge in [-0.3, -0.25) is 9.18 Å². The number of halogens is 4. The number of fused-ring (bicyclic) bond motifs is 1. The van der Waals surface area contributed by atoms with Gasteiger partial charge in [0.05, 0.1) is 17.6 Å². The van der Waals surface area contributed by atoms with Gasteiger partial charge in [-0.15, -0.1) is 0 Å². The minimum absolute atomic E-state index is 0.110. The van der Waals surface area contributed by atoms with Crippen LogP contribution in [-0.2, 0) is 0 Å². The van der Waals surface area contributed by atoms with Crippen LogP contribution >= 0.6 is 0 Å². The van der Waals surface area contributed by atoms with Gasteiger partial charge >= 0.3 is 5.97 Å². The molecule has 0 amide bonds. The second-order valence-corrected chi connectivity index (χ2v) is 8.07. The van der Waals surface area contributed by atoms with Crippen molar-refractivity contribution in [2.24, 2.45) is 11.7 Å². The molecule has 1 aliphatic carbocycles. The van der Waals surface area contributed by atoms with E-state index in [1.165, 1.54) is 4.57 Å². The highest BCUT2D eigenvalue weighted by molar-refractivity contribution is 5.94. The molecule has 0 spiro atoms. The number of carboxylic acids is 1. The van der Waals surface area contributed by atoms with Crippen molar-refractivity contribution >= 4 is 22.6 Å². The molecule has 1 aliphatic heterocycles. The van der Waals surface area contributed by atoms with Crippen molar-refractivity contribution in [2.45, 2.75) is 31.3 Å². The Morgan fingerprint density at radius 1 is 1.28 bits per heavy atom. The lowest BCUT2D eigenvalue weighted by Crippen LogP contribution is -2.45. The van der Waals surface area contributed by atoms with Crippen molar-refractivity contribution in [3.8, 4) is 0 Å². The summed E-state index contributed by atoms with van der Waals surface area (Å²) in [5.74, 6) is -6.75. The van der Waals surface area contributed by atoms with Crippen molar-refractivity contribution in [1.82, 2.24) is 4.57 Å². The molecular formula is C19H19F4N3O3. The minimum atomic E-state index is -1.62. The van der Waals surface area contributed by atoms with E-state index in [0.29, 0.717) is 12.8 Å². The molecule has 2 heterocycles. The van der Waals surface area contributed by atoms with E-state index >= 15 is 4.39 Å². The number of carbonyl (C=O) groups is 1. The van der Waals surface area contributed by atoms with Gasteiger partial charge in [-0.2, -0.15) is 0 Å². The molecule has 2 fully saturated rings. The Kier molecular flexibility index (Phi) is 4.38. The lowest BCUT2D eigenvalue weighted by Gasteiger charge is -2.25. The number of nitrogens with zero attached hydrogens (tertiary/aromatic N) is 2. The smallest absolute Gasteiger partial charge is 0.341 e. The van der Waals surface area contributed by atoms with Gasteiger partial charge in [-0.1, -0.05) is 0 Å². The summed E-state index contributed by atoms with van der Waals surface area (Å²) in [5.41, 5.74) is 1.69. The van der Waals surface area contributed by atoms with E-state index in [0.717, 1.165) is 11.1 Å². The van der Waals surface area contributed by atoms with E-state index in [4.69, 9.17) is 5.73 Å². The van der Waals surface area contributed by atoms with Crippen molar-refractivity contribution in [3.63, 3.8) is 0 Å². The molecule has 156 valence electrons. The summed E-state index contributed by atoms with van der Waals surface area (Å²) in [5, 5.41) is 8.30. The SMILES string of the molecule is C[C@@]1(N)CN(c2c(F)c(F)c3c(=O)c(C(=O)O)cn(C4CC4)c3c2F)C[C@@H]1CF. The second kappa shape index (κ2) is 6.45. The first-order valence-corrected chi connectivity index (χ1v) is 9.16. The topological polar surface area (TPSA) is 88.6 Å². The first-order chi connectivity index (χ1) is 13.6. The molecule has 0 unspecified atom stereocenters. The zero-order valence-electron chi connectivity index (χ0n) is 15.5. The predicted molar refractivity (Wildman–Crippen MR) is 97.6 cm³/mol. The molecule has 10 heteroatoms. The van der Waals surface area contributed by atoms with Gasteiger partial charge in [0.15, 0.2) is 17.5 Å². The quantitative estimate of drug-likeness (QED) is 0.594. The van der Waals surface area contributed by atoms with Crippen LogP contribution in [0, 0.1) is 23.4 Å². The van der Waals surface area contributed by atoms with Crippen molar-refractivity contribution in [2.75, 3.05) is 24.7 Å². The van der Waals surface area contributed by atoms with Crippen LogP contribution in [0.1, 0.15) is 36.2 Å². The summed E-state index contributed by atoms with van der Waals surface area (Å²) in [4.78, 5) is 25.0. The summed E-state index contributed by atoms with van der Waals surface area (Å²) in [6, 6.07) is -0.319. The summed E-state index contributed by atoms with van der Waals surface area (Å²) >= 11 is 0. The van der Waals surface area contributed by atoms with Gasteiger partial charge in [0.2, 0.25) is 5.43 Å². The Balaban J connectivity index is 2.02. The molecule has 1 aromatic heterocycles. The number of pyridine rings is 1. The van der Waals surface area contributed by atoms with E-state index in [-0.39, 0.29) is 19.1 Å². The molecular weight excluding hydrogens is 394 g/mol. The first-order valence-electron chi connectivity index (χ1n) is 9.16. The summed E-state index contributed by atoms with van der Waals surface area (Å²) in [6.07, 6.45) is 2.13. The second-order valence-electron chi connectivity index (χ2n) is 8.07. The lowest BCUT2D eigenvalue weighted by molar-refractivity contribution is 0.0694. The Labute approximate surface area is 162 Å². The fraction of sp³-hybridized carbons (Fsp3) is 0.474. The number of nitrogens with two attached hydrogens (primary N) is 1. The number of hydrogen-bond donors (Lipinski definition) is 2. The number of aromatic nitrogens is 1. The molecule has 1 saturated carbocycles. The highest BCUT2D eigenvalue weighted by atomic mass is 19.2. The van der Waals surface area contributed by atoms with Crippen LogP contribution in [0.2, 0.25) is 0 Å². The van der Waals surface area contributed by atoms with Crippen molar-refractivity contribution in [1.29, 1.82) is 0 Å². The first kappa shape index (κ1) is 19.7. The third kappa shape index (κ3) is 2.88. The highest BCUT2D eigenvalue weighted by Gasteiger charge is 2.43. The Morgan fingerprint density at radius 3 is 2.45 bits per heavy atom. The van der Waals surface area contributed by atoms with Crippen LogP contribution in [-0.4, -0.2) is 40.9 Å². The van der Waals surface area contributed by atoms with Gasteiger partial charge in [-0.25, -0.2) is 18.0 Å². The maximum atomic E-state index is 15.5. The Bertz CT molecular complexity index is 1090. The molecule has 6 nitrogen and oxygen atoms in total. The maximum Gasteiger partial charge on any atom is 0.341 e. The van der Waals surface area contributed by atoms with E-state index in [1.54, 1.807) is 6.92 Å². The van der Waals surface area contributed by atoms with Crippen molar-refractivity contribution in [3.05, 3.63) is 39.4 Å². The van der Waals surface area contributed by atoms with Crippen LogP contribution in [0.25, 0.3) is 10.9 Å². The van der Waals surface area contributed by atoms with Crippen LogP contribution in [0.5, 0.6) is 0 Å². The summed E-state index contributed by atoms with van der Waals surface area (Å²) in [7, 11) is 0. The van der Waals surface area contributed by atoms with Gasteiger partial charge in [0.1, 0.15) is 11.3 Å². The van der Waals surface area contributed by atoms with Gasteiger partial charge < -0.3 is 20.3 Å².